The minimum absolute atomic E-state index is 0.0810. The van der Waals surface area contributed by atoms with Gasteiger partial charge in [-0.2, -0.15) is 5.10 Å². The number of halogens is 3. The number of benzene rings is 1. The molecule has 13 heteroatoms. The predicted molar refractivity (Wildman–Crippen MR) is 125 cm³/mol. The molecule has 2 aliphatic heterocycles. The van der Waals surface area contributed by atoms with E-state index in [4.69, 9.17) is 10.5 Å². The molecule has 0 bridgehead atoms. The topological polar surface area (TPSA) is 119 Å². The highest BCUT2D eigenvalue weighted by molar-refractivity contribution is 5.92. The van der Waals surface area contributed by atoms with E-state index in [9.17, 15) is 22.8 Å². The van der Waals surface area contributed by atoms with E-state index in [2.05, 4.69) is 15.1 Å². The number of nitrogens with zero attached hydrogens (tertiary/aromatic N) is 6. The molecule has 0 radical (unpaired) electrons. The fraction of sp³-hybridized carbons (Fsp3) is 0.292. The van der Waals surface area contributed by atoms with E-state index < -0.39 is 41.5 Å². The van der Waals surface area contributed by atoms with Crippen molar-refractivity contribution < 1.29 is 27.5 Å². The van der Waals surface area contributed by atoms with Crippen LogP contribution in [-0.2, 0) is 0 Å². The fourth-order valence-electron chi connectivity index (χ4n) is 4.47. The second-order valence-corrected chi connectivity index (χ2v) is 8.79. The van der Waals surface area contributed by atoms with E-state index in [1.165, 1.54) is 34.3 Å². The van der Waals surface area contributed by atoms with Gasteiger partial charge < -0.3 is 15.4 Å². The van der Waals surface area contributed by atoms with Crippen molar-refractivity contribution in [3.63, 3.8) is 0 Å². The van der Waals surface area contributed by atoms with Gasteiger partial charge in [-0.15, -0.1) is 0 Å². The predicted octanol–water partition coefficient (Wildman–Crippen LogP) is 3.02. The summed E-state index contributed by atoms with van der Waals surface area (Å²) in [7, 11) is 0. The number of amides is 3. The summed E-state index contributed by atoms with van der Waals surface area (Å²) in [5.41, 5.74) is 6.20. The minimum atomic E-state index is -0.739. The number of pyridine rings is 1. The van der Waals surface area contributed by atoms with Gasteiger partial charge in [-0.25, -0.2) is 32.9 Å². The Kier molecular flexibility index (Phi) is 6.05. The number of urea groups is 1. The van der Waals surface area contributed by atoms with Crippen LogP contribution in [-0.4, -0.2) is 61.8 Å². The van der Waals surface area contributed by atoms with Gasteiger partial charge in [-0.05, 0) is 31.5 Å². The Morgan fingerprint density at radius 3 is 2.43 bits per heavy atom. The zero-order valence-electron chi connectivity index (χ0n) is 19.9. The zero-order valence-corrected chi connectivity index (χ0v) is 19.9. The van der Waals surface area contributed by atoms with Crippen molar-refractivity contribution in [1.82, 2.24) is 24.4 Å². The fourth-order valence-corrected chi connectivity index (χ4v) is 4.47. The summed E-state index contributed by atoms with van der Waals surface area (Å²) >= 11 is 0. The van der Waals surface area contributed by atoms with Gasteiger partial charge in [0.25, 0.3) is 5.91 Å². The number of carbonyl (C=O) groups excluding carboxylic acids is 2. The zero-order chi connectivity index (χ0) is 26.4. The Morgan fingerprint density at radius 2 is 1.78 bits per heavy atom. The van der Waals surface area contributed by atoms with Gasteiger partial charge in [0.2, 0.25) is 0 Å². The SMILES string of the molecule is Cc1nc(C(N)=O)c(C)n1-c1cc(OC2CN(C(=O)N3N=CCC3c3cc(F)cc(F)c3)C2)c(F)cn1. The first kappa shape index (κ1) is 24.3. The molecule has 3 amide bonds. The standard InChI is InChI=1S/C24H22F3N7O3/c1-12-22(23(28)35)31-13(2)33(12)21-8-20(18(27)9-29-21)37-17-10-32(11-17)24(36)34-19(3-4-30-34)14-5-15(25)7-16(26)6-14/h4-9,17,19H,3,10-11H2,1-2H3,(H2,28,35). The Bertz CT molecular complexity index is 1410. The van der Waals surface area contributed by atoms with Gasteiger partial charge in [-0.3, -0.25) is 9.36 Å². The number of hydrazone groups is 1. The second kappa shape index (κ2) is 9.22. The quantitative estimate of drug-likeness (QED) is 0.563. The van der Waals surface area contributed by atoms with Crippen molar-refractivity contribution in [3.8, 4) is 11.6 Å². The highest BCUT2D eigenvalue weighted by atomic mass is 19.1. The van der Waals surface area contributed by atoms with Gasteiger partial charge in [0, 0.05) is 24.8 Å². The molecular weight excluding hydrogens is 491 g/mol. The number of aromatic nitrogens is 3. The maximum atomic E-state index is 14.5. The minimum Gasteiger partial charge on any atom is -0.483 e. The molecule has 192 valence electrons. The number of ether oxygens (including phenoxy) is 1. The first-order chi connectivity index (χ1) is 17.6. The largest absolute Gasteiger partial charge is 0.483 e. The number of primary amides is 1. The van der Waals surface area contributed by atoms with Crippen molar-refractivity contribution in [2.45, 2.75) is 32.4 Å². The first-order valence-electron chi connectivity index (χ1n) is 11.4. The Hall–Kier alpha value is -4.42. The van der Waals surface area contributed by atoms with Crippen molar-refractivity contribution >= 4 is 18.2 Å². The Morgan fingerprint density at radius 1 is 1.08 bits per heavy atom. The summed E-state index contributed by atoms with van der Waals surface area (Å²) in [6, 6.07) is 3.40. The first-order valence-corrected chi connectivity index (χ1v) is 11.4. The molecule has 1 aromatic carbocycles. The number of carbonyl (C=O) groups is 2. The van der Waals surface area contributed by atoms with Gasteiger partial charge >= 0.3 is 6.03 Å². The molecule has 4 heterocycles. The average molecular weight is 513 g/mol. The molecule has 5 rings (SSSR count). The summed E-state index contributed by atoms with van der Waals surface area (Å²) in [4.78, 5) is 34.2. The van der Waals surface area contributed by atoms with Crippen molar-refractivity contribution in [2.24, 2.45) is 10.8 Å². The monoisotopic (exact) mass is 513 g/mol. The molecule has 3 aromatic rings. The van der Waals surface area contributed by atoms with Crippen LogP contribution in [0, 0.1) is 31.3 Å². The lowest BCUT2D eigenvalue weighted by Gasteiger charge is -2.41. The van der Waals surface area contributed by atoms with Crippen molar-refractivity contribution in [1.29, 1.82) is 0 Å². The lowest BCUT2D eigenvalue weighted by atomic mass is 10.0. The highest BCUT2D eigenvalue weighted by Gasteiger charge is 2.39. The maximum absolute atomic E-state index is 14.5. The lowest BCUT2D eigenvalue weighted by Crippen LogP contribution is -2.58. The second-order valence-electron chi connectivity index (χ2n) is 8.79. The van der Waals surface area contributed by atoms with Gasteiger partial charge in [0.15, 0.2) is 11.6 Å². The molecule has 1 saturated heterocycles. The number of hydrogen-bond acceptors (Lipinski definition) is 6. The average Bonchev–Trinajstić information content (AvgIpc) is 3.41. The van der Waals surface area contributed by atoms with Crippen LogP contribution in [0.5, 0.6) is 5.75 Å². The van der Waals surface area contributed by atoms with Gasteiger partial charge in [0.1, 0.15) is 35.1 Å². The Labute approximate surface area is 209 Å². The van der Waals surface area contributed by atoms with Crippen LogP contribution < -0.4 is 10.5 Å². The molecular formula is C24H22F3N7O3. The molecule has 0 saturated carbocycles. The van der Waals surface area contributed by atoms with Crippen molar-refractivity contribution in [2.75, 3.05) is 13.1 Å². The highest BCUT2D eigenvalue weighted by Crippen LogP contribution is 2.32. The number of aryl methyl sites for hydroxylation is 1. The summed E-state index contributed by atoms with van der Waals surface area (Å²) in [6.07, 6.45) is 2.32. The lowest BCUT2D eigenvalue weighted by molar-refractivity contribution is 0.0256. The summed E-state index contributed by atoms with van der Waals surface area (Å²) in [6.45, 7) is 3.61. The normalized spacial score (nSPS) is 17.3. The number of hydrogen-bond donors (Lipinski definition) is 1. The smallest absolute Gasteiger partial charge is 0.341 e. The molecule has 2 aliphatic rings. The van der Waals surface area contributed by atoms with E-state index >= 15 is 0 Å². The molecule has 1 unspecified atom stereocenters. The van der Waals surface area contributed by atoms with Crippen molar-refractivity contribution in [3.05, 3.63) is 70.7 Å². The summed E-state index contributed by atoms with van der Waals surface area (Å²) < 4.78 is 49.2. The van der Waals surface area contributed by atoms with E-state index in [1.54, 1.807) is 18.4 Å². The van der Waals surface area contributed by atoms with Crippen LogP contribution in [0.1, 0.15) is 40.0 Å². The van der Waals surface area contributed by atoms with Crippen LogP contribution in [0.25, 0.3) is 5.82 Å². The van der Waals surface area contributed by atoms with Gasteiger partial charge in [-0.1, -0.05) is 0 Å². The van der Waals surface area contributed by atoms with Gasteiger partial charge in [0.05, 0.1) is 31.0 Å². The molecule has 2 N–H and O–H groups in total. The number of imidazole rings is 1. The van der Waals surface area contributed by atoms with E-state index in [0.29, 0.717) is 23.5 Å². The molecule has 10 nitrogen and oxygen atoms in total. The third-order valence-corrected chi connectivity index (χ3v) is 6.25. The summed E-state index contributed by atoms with van der Waals surface area (Å²) in [5, 5.41) is 5.25. The third-order valence-electron chi connectivity index (χ3n) is 6.25. The van der Waals surface area contributed by atoms with Crippen LogP contribution in [0.15, 0.2) is 35.6 Å². The van der Waals surface area contributed by atoms with E-state index in [-0.39, 0.29) is 30.4 Å². The maximum Gasteiger partial charge on any atom is 0.341 e. The third kappa shape index (κ3) is 4.47. The molecule has 1 atom stereocenters. The molecule has 0 spiro atoms. The number of rotatable bonds is 5. The molecule has 1 fully saturated rings. The van der Waals surface area contributed by atoms with Crippen LogP contribution in [0.4, 0.5) is 18.0 Å². The van der Waals surface area contributed by atoms with Crippen LogP contribution in [0.3, 0.4) is 0 Å². The van der Waals surface area contributed by atoms with Crippen LogP contribution >= 0.6 is 0 Å². The summed E-state index contributed by atoms with van der Waals surface area (Å²) in [5.74, 6) is -2.22. The van der Waals surface area contributed by atoms with Crippen LogP contribution in [0.2, 0.25) is 0 Å². The molecule has 37 heavy (non-hydrogen) atoms. The molecule has 0 aliphatic carbocycles. The molecule has 2 aromatic heterocycles. The number of likely N-dealkylation sites (tertiary alicyclic amines) is 1. The van der Waals surface area contributed by atoms with E-state index in [1.807, 2.05) is 0 Å². The number of nitrogens with two attached hydrogens (primary N) is 1. The Balaban J connectivity index is 1.27. The van der Waals surface area contributed by atoms with E-state index in [0.717, 1.165) is 12.3 Å².